The average molecular weight is 198 g/mol. The summed E-state index contributed by atoms with van der Waals surface area (Å²) in [4.78, 5) is 0. The molecule has 0 saturated carbocycles. The fourth-order valence-corrected chi connectivity index (χ4v) is 0.855. The number of allylic oxidation sites excluding steroid dienone is 11. The molecule has 0 atom stereocenters. The summed E-state index contributed by atoms with van der Waals surface area (Å²) in [7, 11) is 0. The molecule has 0 spiro atoms. The van der Waals surface area contributed by atoms with Gasteiger partial charge in [-0.25, -0.2) is 0 Å². The maximum absolute atomic E-state index is 3.93. The lowest BCUT2D eigenvalue weighted by molar-refractivity contribution is 0.977. The zero-order valence-electron chi connectivity index (χ0n) is 8.45. The number of hydrogen-bond acceptors (Lipinski definition) is 2. The molecule has 1 rings (SSSR count). The Morgan fingerprint density at radius 3 is 1.60 bits per heavy atom. The monoisotopic (exact) mass is 198 g/mol. The van der Waals surface area contributed by atoms with Crippen LogP contribution in [-0.2, 0) is 0 Å². The molecule has 0 fully saturated rings. The van der Waals surface area contributed by atoms with Crippen molar-refractivity contribution in [2.24, 2.45) is 5.10 Å². The quantitative estimate of drug-likeness (QED) is 0.636. The third-order valence-corrected chi connectivity index (χ3v) is 1.52. The first-order chi connectivity index (χ1) is 7.50. The minimum absolute atomic E-state index is 1.69. The highest BCUT2D eigenvalue weighted by atomic mass is 15.3. The van der Waals surface area contributed by atoms with E-state index in [1.807, 2.05) is 66.8 Å². The van der Waals surface area contributed by atoms with Crippen LogP contribution in [0.3, 0.4) is 0 Å². The van der Waals surface area contributed by atoms with Crippen molar-refractivity contribution in [1.29, 1.82) is 0 Å². The van der Waals surface area contributed by atoms with Gasteiger partial charge in [0.15, 0.2) is 0 Å². The SMILES string of the molecule is C1=C\C=C/C=C\C=C\N/N=C/C=C/C=C1. The average Bonchev–Trinajstić information content (AvgIpc) is 2.27. The summed E-state index contributed by atoms with van der Waals surface area (Å²) in [6, 6.07) is 0. The van der Waals surface area contributed by atoms with E-state index >= 15 is 0 Å². The van der Waals surface area contributed by atoms with Gasteiger partial charge in [-0.15, -0.1) is 0 Å². The van der Waals surface area contributed by atoms with Crippen LogP contribution in [0.25, 0.3) is 0 Å². The van der Waals surface area contributed by atoms with Gasteiger partial charge in [0.2, 0.25) is 0 Å². The first kappa shape index (κ1) is 11.0. The maximum atomic E-state index is 3.93. The molecule has 1 N–H and O–H groups in total. The fraction of sp³-hybridized carbons (Fsp3) is 0. The van der Waals surface area contributed by atoms with Crippen molar-refractivity contribution in [3.05, 3.63) is 73.0 Å². The molecule has 0 radical (unpaired) electrons. The molecule has 0 saturated heterocycles. The first-order valence-corrected chi connectivity index (χ1v) is 4.77. The van der Waals surface area contributed by atoms with Crippen molar-refractivity contribution in [2.45, 2.75) is 0 Å². The Balaban J connectivity index is 2.62. The number of nitrogens with zero attached hydrogens (tertiary/aromatic N) is 1. The van der Waals surface area contributed by atoms with Crippen molar-refractivity contribution in [1.82, 2.24) is 5.43 Å². The van der Waals surface area contributed by atoms with Crippen molar-refractivity contribution in [3.8, 4) is 0 Å². The third-order valence-electron chi connectivity index (χ3n) is 1.52. The van der Waals surface area contributed by atoms with Gasteiger partial charge in [-0.1, -0.05) is 54.7 Å². The van der Waals surface area contributed by atoms with E-state index in [1.165, 1.54) is 0 Å². The van der Waals surface area contributed by atoms with Crippen LogP contribution < -0.4 is 5.43 Å². The second-order valence-electron chi connectivity index (χ2n) is 2.69. The lowest BCUT2D eigenvalue weighted by atomic mass is 10.3. The lowest BCUT2D eigenvalue weighted by Gasteiger charge is -1.84. The van der Waals surface area contributed by atoms with Gasteiger partial charge in [-0.2, -0.15) is 5.10 Å². The van der Waals surface area contributed by atoms with Crippen LogP contribution in [0, 0.1) is 0 Å². The molecule has 0 bridgehead atoms. The van der Waals surface area contributed by atoms with Crippen LogP contribution in [0.4, 0.5) is 0 Å². The van der Waals surface area contributed by atoms with Crippen LogP contribution in [0.1, 0.15) is 0 Å². The van der Waals surface area contributed by atoms with E-state index in [0.29, 0.717) is 0 Å². The van der Waals surface area contributed by atoms with E-state index in [9.17, 15) is 0 Å². The molecular formula is C13H14N2. The van der Waals surface area contributed by atoms with Crippen LogP contribution in [-0.4, -0.2) is 6.21 Å². The third kappa shape index (κ3) is 7.02. The molecule has 15 heavy (non-hydrogen) atoms. The van der Waals surface area contributed by atoms with Crippen LogP contribution >= 0.6 is 0 Å². The summed E-state index contributed by atoms with van der Waals surface area (Å²) in [6.45, 7) is 0. The van der Waals surface area contributed by atoms with Crippen molar-refractivity contribution in [2.75, 3.05) is 0 Å². The molecule has 1 aliphatic rings. The molecule has 0 aliphatic carbocycles. The van der Waals surface area contributed by atoms with Crippen LogP contribution in [0.2, 0.25) is 0 Å². The van der Waals surface area contributed by atoms with Gasteiger partial charge >= 0.3 is 0 Å². The van der Waals surface area contributed by atoms with E-state index in [1.54, 1.807) is 12.4 Å². The van der Waals surface area contributed by atoms with E-state index in [4.69, 9.17) is 0 Å². The van der Waals surface area contributed by atoms with E-state index in [2.05, 4.69) is 10.5 Å². The normalized spacial score (nSPS) is 26.7. The summed E-state index contributed by atoms with van der Waals surface area (Å²) in [5, 5.41) is 3.93. The molecule has 2 nitrogen and oxygen atoms in total. The Morgan fingerprint density at radius 2 is 1.00 bits per heavy atom. The Kier molecular flexibility index (Phi) is 6.23. The van der Waals surface area contributed by atoms with Crippen LogP contribution in [0.5, 0.6) is 0 Å². The van der Waals surface area contributed by atoms with Crippen LogP contribution in [0.15, 0.2) is 78.1 Å². The predicted octanol–water partition coefficient (Wildman–Crippen LogP) is 2.87. The topological polar surface area (TPSA) is 24.4 Å². The Morgan fingerprint density at radius 1 is 0.533 bits per heavy atom. The second-order valence-corrected chi connectivity index (χ2v) is 2.69. The Hall–Kier alpha value is -2.09. The molecule has 1 heterocycles. The fourth-order valence-electron chi connectivity index (χ4n) is 0.855. The van der Waals surface area contributed by atoms with E-state index < -0.39 is 0 Å². The van der Waals surface area contributed by atoms with E-state index in [0.717, 1.165) is 0 Å². The molecule has 2 heteroatoms. The largest absolute Gasteiger partial charge is 0.286 e. The Labute approximate surface area is 90.4 Å². The van der Waals surface area contributed by atoms with Gasteiger partial charge in [0.05, 0.1) is 0 Å². The van der Waals surface area contributed by atoms with E-state index in [-0.39, 0.29) is 0 Å². The summed E-state index contributed by atoms with van der Waals surface area (Å²) in [6.07, 6.45) is 24.8. The second kappa shape index (κ2) is 8.51. The molecule has 0 aromatic rings. The Bertz CT molecular complexity index is 319. The van der Waals surface area contributed by atoms with Crippen molar-refractivity contribution < 1.29 is 0 Å². The summed E-state index contributed by atoms with van der Waals surface area (Å²) < 4.78 is 0. The van der Waals surface area contributed by atoms with Gasteiger partial charge in [0, 0.05) is 12.4 Å². The minimum atomic E-state index is 1.69. The van der Waals surface area contributed by atoms with Gasteiger partial charge in [0.25, 0.3) is 0 Å². The number of hydrogen-bond donors (Lipinski definition) is 1. The van der Waals surface area contributed by atoms with Gasteiger partial charge in [-0.05, 0) is 12.2 Å². The first-order valence-electron chi connectivity index (χ1n) is 4.77. The molecule has 1 aliphatic heterocycles. The molecule has 0 unspecified atom stereocenters. The number of nitrogens with one attached hydrogen (secondary N) is 1. The standard InChI is InChI=1S/C13H14N2/c1-2-4-6-8-10-12-14-15-13-11-9-7-5-3-1/h1-14H/b3-1?,4-2-,7-5?,8-6-,11-9+,12-10+,15-13+. The summed E-state index contributed by atoms with van der Waals surface area (Å²) >= 11 is 0. The van der Waals surface area contributed by atoms with Gasteiger partial charge < -0.3 is 0 Å². The lowest BCUT2D eigenvalue weighted by Crippen LogP contribution is -1.91. The molecule has 0 amide bonds. The van der Waals surface area contributed by atoms with Crippen molar-refractivity contribution >= 4 is 6.21 Å². The number of hydrazone groups is 1. The highest BCUT2D eigenvalue weighted by molar-refractivity contribution is 5.71. The van der Waals surface area contributed by atoms with Gasteiger partial charge in [-0.3, -0.25) is 5.43 Å². The van der Waals surface area contributed by atoms with Gasteiger partial charge in [0.1, 0.15) is 0 Å². The highest BCUT2D eigenvalue weighted by Gasteiger charge is 1.67. The smallest absolute Gasteiger partial charge is 0.0472 e. The highest BCUT2D eigenvalue weighted by Crippen LogP contribution is 1.84. The van der Waals surface area contributed by atoms with Crippen molar-refractivity contribution in [3.63, 3.8) is 0 Å². The summed E-state index contributed by atoms with van der Waals surface area (Å²) in [5.41, 5.74) is 2.78. The predicted molar refractivity (Wildman–Crippen MR) is 66.5 cm³/mol. The zero-order chi connectivity index (χ0) is 10.6. The zero-order valence-corrected chi connectivity index (χ0v) is 8.45. The molecule has 0 aromatic heterocycles. The maximum Gasteiger partial charge on any atom is 0.0472 e. The summed E-state index contributed by atoms with van der Waals surface area (Å²) in [5.74, 6) is 0. The minimum Gasteiger partial charge on any atom is -0.286 e. The molecule has 0 aromatic carbocycles. The number of rotatable bonds is 0. The molecule has 76 valence electrons. The molecular weight excluding hydrogens is 184 g/mol.